The minimum Gasteiger partial charge on any atom is -0.325 e. The fourth-order valence-electron chi connectivity index (χ4n) is 2.01. The van der Waals surface area contributed by atoms with Gasteiger partial charge in [0.1, 0.15) is 5.82 Å². The van der Waals surface area contributed by atoms with Gasteiger partial charge in [0, 0.05) is 15.8 Å². The van der Waals surface area contributed by atoms with Crippen molar-refractivity contribution < 1.29 is 14.0 Å². The highest BCUT2D eigenvalue weighted by atomic mass is 79.9. The van der Waals surface area contributed by atoms with Gasteiger partial charge in [-0.05, 0) is 55.6 Å². The first-order valence-electron chi connectivity index (χ1n) is 7.22. The van der Waals surface area contributed by atoms with Crippen molar-refractivity contribution in [2.45, 2.75) is 0 Å². The van der Waals surface area contributed by atoms with Gasteiger partial charge in [-0.2, -0.15) is 0 Å². The summed E-state index contributed by atoms with van der Waals surface area (Å²) in [6.07, 6.45) is 0. The SMILES string of the molecule is CN(CC(=O)Nc1ccc(F)cc1)CC(=O)Nc1ccc(Br)cc1. The number of hydrogen-bond donors (Lipinski definition) is 2. The van der Waals surface area contributed by atoms with Gasteiger partial charge < -0.3 is 10.6 Å². The fraction of sp³-hybridized carbons (Fsp3) is 0.176. The molecule has 0 spiro atoms. The Labute approximate surface area is 148 Å². The summed E-state index contributed by atoms with van der Waals surface area (Å²) in [5.74, 6) is -0.857. The predicted octanol–water partition coefficient (Wildman–Crippen LogP) is 3.10. The van der Waals surface area contributed by atoms with Crippen LogP contribution in [0.4, 0.5) is 15.8 Å². The normalized spacial score (nSPS) is 10.5. The van der Waals surface area contributed by atoms with Crippen LogP contribution in [0.25, 0.3) is 0 Å². The number of benzene rings is 2. The van der Waals surface area contributed by atoms with E-state index in [4.69, 9.17) is 0 Å². The molecule has 2 aromatic rings. The van der Waals surface area contributed by atoms with Crippen molar-refractivity contribution in [2.75, 3.05) is 30.8 Å². The lowest BCUT2D eigenvalue weighted by atomic mass is 10.3. The molecule has 0 atom stereocenters. The Bertz CT molecular complexity index is 643. The van der Waals surface area contributed by atoms with Gasteiger partial charge >= 0.3 is 0 Å². The third-order valence-corrected chi connectivity index (χ3v) is 3.61. The highest BCUT2D eigenvalue weighted by Crippen LogP contribution is 2.14. The number of nitrogens with zero attached hydrogens (tertiary/aromatic N) is 1. The molecule has 0 unspecified atom stereocenters. The molecule has 0 heterocycles. The second-order valence-electron chi connectivity index (χ2n) is 5.28. The second-order valence-corrected chi connectivity index (χ2v) is 6.20. The molecule has 2 rings (SSSR count). The summed E-state index contributed by atoms with van der Waals surface area (Å²) >= 11 is 3.32. The number of halogens is 2. The number of carbonyl (C=O) groups is 2. The number of rotatable bonds is 6. The number of amides is 2. The van der Waals surface area contributed by atoms with Gasteiger partial charge in [-0.1, -0.05) is 15.9 Å². The zero-order valence-corrected chi connectivity index (χ0v) is 14.6. The molecule has 126 valence electrons. The van der Waals surface area contributed by atoms with Crippen LogP contribution in [0.15, 0.2) is 53.0 Å². The smallest absolute Gasteiger partial charge is 0.238 e. The molecule has 0 aliphatic rings. The van der Waals surface area contributed by atoms with E-state index in [1.165, 1.54) is 24.3 Å². The Morgan fingerprint density at radius 2 is 1.33 bits per heavy atom. The maximum atomic E-state index is 12.8. The summed E-state index contributed by atoms with van der Waals surface area (Å²) in [4.78, 5) is 25.4. The van der Waals surface area contributed by atoms with Crippen LogP contribution in [-0.4, -0.2) is 36.9 Å². The second kappa shape index (κ2) is 8.56. The zero-order chi connectivity index (χ0) is 17.5. The van der Waals surface area contributed by atoms with E-state index in [0.29, 0.717) is 11.4 Å². The lowest BCUT2D eigenvalue weighted by molar-refractivity contribution is -0.119. The van der Waals surface area contributed by atoms with Gasteiger partial charge in [-0.25, -0.2) is 4.39 Å². The maximum Gasteiger partial charge on any atom is 0.238 e. The average Bonchev–Trinajstić information content (AvgIpc) is 2.51. The molecule has 2 N–H and O–H groups in total. The van der Waals surface area contributed by atoms with Crippen molar-refractivity contribution in [1.82, 2.24) is 4.90 Å². The molecule has 0 fully saturated rings. The summed E-state index contributed by atoms with van der Waals surface area (Å²) in [5, 5.41) is 5.40. The van der Waals surface area contributed by atoms with Crippen LogP contribution in [0.5, 0.6) is 0 Å². The summed E-state index contributed by atoms with van der Waals surface area (Å²) < 4.78 is 13.7. The molecule has 0 bridgehead atoms. The molecule has 0 radical (unpaired) electrons. The van der Waals surface area contributed by atoms with Crippen molar-refractivity contribution in [1.29, 1.82) is 0 Å². The Hall–Kier alpha value is -2.25. The third kappa shape index (κ3) is 6.10. The Morgan fingerprint density at radius 1 is 0.917 bits per heavy atom. The van der Waals surface area contributed by atoms with Crippen molar-refractivity contribution >= 4 is 39.1 Å². The lowest BCUT2D eigenvalue weighted by Crippen LogP contribution is -2.36. The minimum atomic E-state index is -0.366. The van der Waals surface area contributed by atoms with Crippen molar-refractivity contribution in [3.8, 4) is 0 Å². The molecule has 0 aliphatic carbocycles. The van der Waals surface area contributed by atoms with Gasteiger partial charge in [-0.15, -0.1) is 0 Å². The van der Waals surface area contributed by atoms with E-state index in [0.717, 1.165) is 4.47 Å². The van der Waals surface area contributed by atoms with E-state index in [9.17, 15) is 14.0 Å². The van der Waals surface area contributed by atoms with Gasteiger partial charge in [0.15, 0.2) is 0 Å². The quantitative estimate of drug-likeness (QED) is 0.792. The van der Waals surface area contributed by atoms with E-state index >= 15 is 0 Å². The van der Waals surface area contributed by atoms with Crippen LogP contribution < -0.4 is 10.6 Å². The highest BCUT2D eigenvalue weighted by Gasteiger charge is 2.11. The summed E-state index contributed by atoms with van der Waals surface area (Å²) in [6.45, 7) is 0.123. The van der Waals surface area contributed by atoms with Crippen molar-refractivity contribution in [3.63, 3.8) is 0 Å². The molecule has 7 heteroatoms. The van der Waals surface area contributed by atoms with Crippen LogP contribution >= 0.6 is 15.9 Å². The molecule has 0 aliphatic heterocycles. The van der Waals surface area contributed by atoms with Crippen LogP contribution in [0.1, 0.15) is 0 Å². The molecule has 5 nitrogen and oxygen atoms in total. The number of anilines is 2. The zero-order valence-electron chi connectivity index (χ0n) is 13.1. The number of nitrogens with one attached hydrogen (secondary N) is 2. The Morgan fingerprint density at radius 3 is 1.79 bits per heavy atom. The van der Waals surface area contributed by atoms with Gasteiger partial charge in [0.25, 0.3) is 0 Å². The summed E-state index contributed by atoms with van der Waals surface area (Å²) in [7, 11) is 1.67. The van der Waals surface area contributed by atoms with Crippen LogP contribution in [0, 0.1) is 5.82 Å². The van der Waals surface area contributed by atoms with Gasteiger partial charge in [0.05, 0.1) is 13.1 Å². The Balaban J connectivity index is 1.78. The molecule has 2 aromatic carbocycles. The molecular formula is C17H17BrFN3O2. The molecular weight excluding hydrogens is 377 g/mol. The van der Waals surface area contributed by atoms with E-state index in [1.54, 1.807) is 24.1 Å². The molecule has 24 heavy (non-hydrogen) atoms. The van der Waals surface area contributed by atoms with Crippen LogP contribution in [0.3, 0.4) is 0 Å². The lowest BCUT2D eigenvalue weighted by Gasteiger charge is -2.16. The van der Waals surface area contributed by atoms with Crippen molar-refractivity contribution in [2.24, 2.45) is 0 Å². The van der Waals surface area contributed by atoms with E-state index in [-0.39, 0.29) is 30.7 Å². The number of hydrogen-bond acceptors (Lipinski definition) is 3. The van der Waals surface area contributed by atoms with Gasteiger partial charge in [-0.3, -0.25) is 14.5 Å². The van der Waals surface area contributed by atoms with E-state index in [1.807, 2.05) is 12.1 Å². The van der Waals surface area contributed by atoms with Crippen LogP contribution in [-0.2, 0) is 9.59 Å². The first-order valence-corrected chi connectivity index (χ1v) is 8.01. The molecule has 0 saturated heterocycles. The predicted molar refractivity (Wildman–Crippen MR) is 95.3 cm³/mol. The minimum absolute atomic E-state index is 0.0468. The van der Waals surface area contributed by atoms with Crippen LogP contribution in [0.2, 0.25) is 0 Å². The molecule has 2 amide bonds. The number of carbonyl (C=O) groups excluding carboxylic acids is 2. The molecule has 0 saturated carbocycles. The maximum absolute atomic E-state index is 12.8. The fourth-order valence-corrected chi connectivity index (χ4v) is 2.28. The number of likely N-dealkylation sites (N-methyl/N-ethyl adjacent to an activating group) is 1. The third-order valence-electron chi connectivity index (χ3n) is 3.08. The Kier molecular flexibility index (Phi) is 6.45. The van der Waals surface area contributed by atoms with E-state index in [2.05, 4.69) is 26.6 Å². The van der Waals surface area contributed by atoms with Gasteiger partial charge in [0.2, 0.25) is 11.8 Å². The summed E-state index contributed by atoms with van der Waals surface area (Å²) in [6, 6.07) is 12.7. The largest absolute Gasteiger partial charge is 0.325 e. The monoisotopic (exact) mass is 393 g/mol. The topological polar surface area (TPSA) is 61.4 Å². The first kappa shape index (κ1) is 18.1. The molecule has 0 aromatic heterocycles. The highest BCUT2D eigenvalue weighted by molar-refractivity contribution is 9.10. The first-order chi connectivity index (χ1) is 11.4. The summed E-state index contributed by atoms with van der Waals surface area (Å²) in [5.41, 5.74) is 1.20. The average molecular weight is 394 g/mol. The van der Waals surface area contributed by atoms with E-state index < -0.39 is 0 Å². The standard InChI is InChI=1S/C17H17BrFN3O2/c1-22(10-16(23)20-14-6-2-12(18)3-7-14)11-17(24)21-15-8-4-13(19)5-9-15/h2-9H,10-11H2,1H3,(H,20,23)(H,21,24). The van der Waals surface area contributed by atoms with Crippen molar-refractivity contribution in [3.05, 3.63) is 58.8 Å².